The van der Waals surface area contributed by atoms with E-state index in [0.717, 1.165) is 34.8 Å². The fourth-order valence-corrected chi connectivity index (χ4v) is 3.65. The molecule has 0 saturated heterocycles. The number of anilines is 1. The molecule has 28 heavy (non-hydrogen) atoms. The summed E-state index contributed by atoms with van der Waals surface area (Å²) in [5, 5.41) is 2.25. The zero-order valence-corrected chi connectivity index (χ0v) is 16.2. The maximum absolute atomic E-state index is 12.5. The Morgan fingerprint density at radius 3 is 2.54 bits per heavy atom. The number of hydrogen-bond acceptors (Lipinski definition) is 4. The van der Waals surface area contributed by atoms with Gasteiger partial charge < -0.3 is 9.30 Å². The molecule has 0 aliphatic heterocycles. The summed E-state index contributed by atoms with van der Waals surface area (Å²) >= 11 is 0. The molecule has 1 aromatic heterocycles. The second kappa shape index (κ2) is 6.83. The average molecular weight is 396 g/mol. The first-order valence-corrected chi connectivity index (χ1v) is 10.5. The number of nitrogens with zero attached hydrogens (tertiary/aromatic N) is 1. The van der Waals surface area contributed by atoms with Crippen LogP contribution in [-0.4, -0.2) is 19.1 Å². The van der Waals surface area contributed by atoms with Gasteiger partial charge in [-0.15, -0.1) is 0 Å². The maximum Gasteiger partial charge on any atom is 0.258 e. The van der Waals surface area contributed by atoms with Crippen molar-refractivity contribution >= 4 is 26.5 Å². The zero-order valence-electron chi connectivity index (χ0n) is 15.4. The normalized spacial score (nSPS) is 14.0. The van der Waals surface area contributed by atoms with Gasteiger partial charge in [-0.3, -0.25) is 9.52 Å². The predicted octanol–water partition coefficient (Wildman–Crippen LogP) is 3.63. The van der Waals surface area contributed by atoms with Crippen LogP contribution in [0.2, 0.25) is 0 Å². The summed E-state index contributed by atoms with van der Waals surface area (Å²) in [7, 11) is -1.94. The number of ether oxygens (including phenoxy) is 1. The number of aromatic nitrogens is 1. The van der Waals surface area contributed by atoms with Gasteiger partial charge in [0.25, 0.3) is 15.6 Å². The monoisotopic (exact) mass is 396 g/mol. The lowest BCUT2D eigenvalue weighted by atomic mass is 9.99. The number of hydrogen-bond donors (Lipinski definition) is 1. The average Bonchev–Trinajstić information content (AvgIpc) is 3.50. The van der Waals surface area contributed by atoms with Crippen LogP contribution in [0.15, 0.2) is 65.4 Å². The molecule has 0 atom stereocenters. The van der Waals surface area contributed by atoms with Gasteiger partial charge in [0.15, 0.2) is 0 Å². The highest BCUT2D eigenvalue weighted by molar-refractivity contribution is 7.95. The van der Waals surface area contributed by atoms with Gasteiger partial charge >= 0.3 is 0 Å². The summed E-state index contributed by atoms with van der Waals surface area (Å²) in [6, 6.07) is 12.5. The Hall–Kier alpha value is -3.06. The number of rotatable bonds is 6. The molecule has 7 heteroatoms. The van der Waals surface area contributed by atoms with Crippen LogP contribution < -0.4 is 15.0 Å². The fraction of sp³-hybridized carbons (Fsp3) is 0.190. The number of pyridine rings is 1. The second-order valence-electron chi connectivity index (χ2n) is 6.85. The van der Waals surface area contributed by atoms with Crippen molar-refractivity contribution in [1.82, 2.24) is 4.57 Å². The molecule has 0 spiro atoms. The van der Waals surface area contributed by atoms with Crippen LogP contribution in [-0.2, 0) is 17.1 Å². The molecule has 0 bridgehead atoms. The van der Waals surface area contributed by atoms with Gasteiger partial charge in [0.2, 0.25) is 0 Å². The minimum absolute atomic E-state index is 0.0903. The van der Waals surface area contributed by atoms with Crippen molar-refractivity contribution in [2.45, 2.75) is 18.9 Å². The van der Waals surface area contributed by atoms with Gasteiger partial charge in [-0.25, -0.2) is 8.42 Å². The Balaban J connectivity index is 1.94. The molecule has 0 amide bonds. The topological polar surface area (TPSA) is 77.4 Å². The van der Waals surface area contributed by atoms with Crippen LogP contribution in [0.5, 0.6) is 5.75 Å². The van der Waals surface area contributed by atoms with Crippen LogP contribution in [0.4, 0.5) is 5.69 Å². The van der Waals surface area contributed by atoms with E-state index < -0.39 is 10.0 Å². The van der Waals surface area contributed by atoms with Gasteiger partial charge in [-0.1, -0.05) is 24.8 Å². The molecular weight excluding hydrogens is 376 g/mol. The molecule has 0 unspecified atom stereocenters. The molecule has 1 aliphatic carbocycles. The Kier molecular flexibility index (Phi) is 4.47. The van der Waals surface area contributed by atoms with Crippen LogP contribution in [0.1, 0.15) is 12.8 Å². The molecule has 0 radical (unpaired) electrons. The number of fused-ring (bicyclic) bond motifs is 1. The van der Waals surface area contributed by atoms with E-state index in [0.29, 0.717) is 16.8 Å². The van der Waals surface area contributed by atoms with E-state index >= 15 is 0 Å². The van der Waals surface area contributed by atoms with Gasteiger partial charge in [0.1, 0.15) is 5.75 Å². The molecule has 3 aromatic rings. The van der Waals surface area contributed by atoms with Gasteiger partial charge in [-0.05, 0) is 42.5 Å². The van der Waals surface area contributed by atoms with E-state index in [-0.39, 0.29) is 11.7 Å². The SMILES string of the molecule is C=CS(=O)(=O)Nc1ccc(OC2CC2)c(-c2cn(C)c(=O)c3ccccc23)c1. The lowest BCUT2D eigenvalue weighted by Gasteiger charge is -2.16. The second-order valence-corrected chi connectivity index (χ2v) is 8.47. The quantitative estimate of drug-likeness (QED) is 0.690. The Morgan fingerprint density at radius 1 is 1.14 bits per heavy atom. The lowest BCUT2D eigenvalue weighted by molar-refractivity contribution is 0.304. The Morgan fingerprint density at radius 2 is 1.86 bits per heavy atom. The highest BCUT2D eigenvalue weighted by Crippen LogP contribution is 2.39. The summed E-state index contributed by atoms with van der Waals surface area (Å²) in [6.07, 6.45) is 3.93. The highest BCUT2D eigenvalue weighted by atomic mass is 32.2. The number of aryl methyl sites for hydroxylation is 1. The molecule has 4 rings (SSSR count). The Labute approximate surface area is 163 Å². The molecule has 6 nitrogen and oxygen atoms in total. The van der Waals surface area contributed by atoms with Crippen LogP contribution in [0.3, 0.4) is 0 Å². The molecule has 1 heterocycles. The summed E-state index contributed by atoms with van der Waals surface area (Å²) in [5.74, 6) is 0.660. The van der Waals surface area contributed by atoms with E-state index in [1.54, 1.807) is 37.5 Å². The Bertz CT molecular complexity index is 1240. The molecule has 144 valence electrons. The summed E-state index contributed by atoms with van der Waals surface area (Å²) in [4.78, 5) is 12.5. The van der Waals surface area contributed by atoms with Crippen molar-refractivity contribution in [2.24, 2.45) is 7.05 Å². The van der Waals surface area contributed by atoms with E-state index in [9.17, 15) is 13.2 Å². The fourth-order valence-electron chi connectivity index (χ4n) is 3.11. The van der Waals surface area contributed by atoms with Crippen molar-refractivity contribution in [3.63, 3.8) is 0 Å². The minimum Gasteiger partial charge on any atom is -0.490 e. The first-order chi connectivity index (χ1) is 13.4. The molecule has 2 aromatic carbocycles. The van der Waals surface area contributed by atoms with Crippen LogP contribution >= 0.6 is 0 Å². The van der Waals surface area contributed by atoms with Crippen molar-refractivity contribution in [3.05, 3.63) is 71.0 Å². The summed E-state index contributed by atoms with van der Waals surface area (Å²) in [6.45, 7) is 3.32. The van der Waals surface area contributed by atoms with Crippen molar-refractivity contribution in [2.75, 3.05) is 4.72 Å². The molecular formula is C21H20N2O4S. The van der Waals surface area contributed by atoms with E-state index in [2.05, 4.69) is 11.3 Å². The van der Waals surface area contributed by atoms with Crippen LogP contribution in [0.25, 0.3) is 21.9 Å². The highest BCUT2D eigenvalue weighted by Gasteiger charge is 2.25. The largest absolute Gasteiger partial charge is 0.490 e. The van der Waals surface area contributed by atoms with Crippen LogP contribution in [0, 0.1) is 0 Å². The summed E-state index contributed by atoms with van der Waals surface area (Å²) in [5.41, 5.74) is 1.83. The van der Waals surface area contributed by atoms with Gasteiger partial charge in [0, 0.05) is 40.9 Å². The smallest absolute Gasteiger partial charge is 0.258 e. The van der Waals surface area contributed by atoms with E-state index in [4.69, 9.17) is 4.74 Å². The third-order valence-electron chi connectivity index (χ3n) is 4.66. The van der Waals surface area contributed by atoms with Crippen molar-refractivity contribution < 1.29 is 13.2 Å². The van der Waals surface area contributed by atoms with Gasteiger partial charge in [0.05, 0.1) is 6.10 Å². The number of nitrogens with one attached hydrogen (secondary N) is 1. The van der Waals surface area contributed by atoms with Crippen molar-refractivity contribution in [3.8, 4) is 16.9 Å². The van der Waals surface area contributed by atoms with E-state index in [1.807, 2.05) is 18.2 Å². The first kappa shape index (κ1) is 18.3. The number of sulfonamides is 1. The van der Waals surface area contributed by atoms with Crippen molar-refractivity contribution in [1.29, 1.82) is 0 Å². The zero-order chi connectivity index (χ0) is 19.9. The predicted molar refractivity (Wildman–Crippen MR) is 111 cm³/mol. The van der Waals surface area contributed by atoms with Gasteiger partial charge in [-0.2, -0.15) is 0 Å². The standard InChI is InChI=1S/C21H20N2O4S/c1-3-28(25,26)22-14-8-11-20(27-15-9-10-15)18(12-14)19-13-23(2)21(24)17-7-5-4-6-16(17)19/h3-8,11-13,15,22H,1,9-10H2,2H3. The van der Waals surface area contributed by atoms with E-state index in [1.165, 1.54) is 4.57 Å². The molecule has 1 fully saturated rings. The third kappa shape index (κ3) is 3.53. The summed E-state index contributed by atoms with van der Waals surface area (Å²) < 4.78 is 33.9. The first-order valence-electron chi connectivity index (χ1n) is 8.92. The molecule has 1 saturated carbocycles. The minimum atomic E-state index is -3.63. The third-order valence-corrected chi connectivity index (χ3v) is 5.62. The molecule has 1 N–H and O–H groups in total. The number of benzene rings is 2. The lowest BCUT2D eigenvalue weighted by Crippen LogP contribution is -2.16. The maximum atomic E-state index is 12.5. The molecule has 1 aliphatic rings.